The molecule has 0 aliphatic carbocycles. The molecular formula is C20H21FN4O3. The van der Waals surface area contributed by atoms with Crippen LogP contribution in [-0.2, 0) is 7.05 Å². The quantitative estimate of drug-likeness (QED) is 0.682. The van der Waals surface area contributed by atoms with E-state index in [1.54, 1.807) is 44.8 Å². The van der Waals surface area contributed by atoms with Crippen LogP contribution in [0, 0.1) is 5.82 Å². The van der Waals surface area contributed by atoms with Gasteiger partial charge in [-0.05, 0) is 42.0 Å². The van der Waals surface area contributed by atoms with Crippen molar-refractivity contribution in [1.82, 2.24) is 14.9 Å². The largest absolute Gasteiger partial charge is 0.497 e. The summed E-state index contributed by atoms with van der Waals surface area (Å²) in [5.74, 6) is 1.44. The maximum absolute atomic E-state index is 13.1. The van der Waals surface area contributed by atoms with Crippen LogP contribution in [0.15, 0.2) is 54.9 Å². The summed E-state index contributed by atoms with van der Waals surface area (Å²) in [7, 11) is 4.96. The van der Waals surface area contributed by atoms with E-state index in [9.17, 15) is 9.18 Å². The monoisotopic (exact) mass is 384 g/mol. The molecule has 0 fully saturated rings. The average Bonchev–Trinajstić information content (AvgIpc) is 3.13. The first kappa shape index (κ1) is 19.2. The predicted molar refractivity (Wildman–Crippen MR) is 103 cm³/mol. The number of urea groups is 1. The Morgan fingerprint density at radius 1 is 1.11 bits per heavy atom. The number of hydrogen-bond acceptors (Lipinski definition) is 4. The molecule has 7 nitrogen and oxygen atoms in total. The van der Waals surface area contributed by atoms with Crippen molar-refractivity contribution in [1.29, 1.82) is 0 Å². The molecule has 1 aromatic heterocycles. The fourth-order valence-electron chi connectivity index (χ4n) is 2.78. The number of methoxy groups -OCH3 is 2. The van der Waals surface area contributed by atoms with Gasteiger partial charge in [0.25, 0.3) is 0 Å². The standard InChI is InChI=1S/C20H21FN4O3/c1-25-9-8-22-19(25)18(13-10-16(27-2)12-17(11-13)28-3)24-20(26)23-15-6-4-14(21)5-7-15/h4-12,18H,1-3H3,(H2,23,24,26)/t18-/m1/s1. The van der Waals surface area contributed by atoms with Crippen LogP contribution >= 0.6 is 0 Å². The van der Waals surface area contributed by atoms with Crippen molar-refractivity contribution in [2.75, 3.05) is 19.5 Å². The maximum atomic E-state index is 13.1. The highest BCUT2D eigenvalue weighted by Gasteiger charge is 2.22. The van der Waals surface area contributed by atoms with E-state index < -0.39 is 12.1 Å². The minimum atomic E-state index is -0.565. The summed E-state index contributed by atoms with van der Waals surface area (Å²) in [5, 5.41) is 5.60. The third-order valence-corrected chi connectivity index (χ3v) is 4.20. The number of nitrogens with one attached hydrogen (secondary N) is 2. The zero-order chi connectivity index (χ0) is 20.1. The zero-order valence-corrected chi connectivity index (χ0v) is 15.8. The molecule has 0 bridgehead atoms. The zero-order valence-electron chi connectivity index (χ0n) is 15.8. The number of anilines is 1. The van der Waals surface area contributed by atoms with Crippen molar-refractivity contribution >= 4 is 11.7 Å². The van der Waals surface area contributed by atoms with Crippen LogP contribution in [0.4, 0.5) is 14.9 Å². The van der Waals surface area contributed by atoms with Gasteiger partial charge in [0.1, 0.15) is 29.2 Å². The minimum Gasteiger partial charge on any atom is -0.497 e. The Morgan fingerprint density at radius 2 is 1.75 bits per heavy atom. The van der Waals surface area contributed by atoms with Gasteiger partial charge in [0, 0.05) is 31.2 Å². The predicted octanol–water partition coefficient (Wildman–Crippen LogP) is 3.49. The molecule has 0 spiro atoms. The number of ether oxygens (including phenoxy) is 2. The first-order chi connectivity index (χ1) is 13.5. The van der Waals surface area contributed by atoms with Crippen molar-refractivity contribution in [2.45, 2.75) is 6.04 Å². The second-order valence-electron chi connectivity index (χ2n) is 6.08. The molecule has 2 N–H and O–H groups in total. The van der Waals surface area contributed by atoms with Gasteiger partial charge in [-0.1, -0.05) is 0 Å². The molecule has 0 saturated heterocycles. The third kappa shape index (κ3) is 4.40. The summed E-state index contributed by atoms with van der Waals surface area (Å²) in [6.45, 7) is 0. The Bertz CT molecular complexity index is 934. The fourth-order valence-corrected chi connectivity index (χ4v) is 2.78. The summed E-state index contributed by atoms with van der Waals surface area (Å²) >= 11 is 0. The molecule has 1 heterocycles. The van der Waals surface area contributed by atoms with Gasteiger partial charge in [-0.15, -0.1) is 0 Å². The molecule has 8 heteroatoms. The number of carbonyl (C=O) groups excluding carboxylic acids is 1. The van der Waals surface area contributed by atoms with Gasteiger partial charge in [-0.2, -0.15) is 0 Å². The van der Waals surface area contributed by atoms with E-state index >= 15 is 0 Å². The molecule has 0 unspecified atom stereocenters. The Hall–Kier alpha value is -3.55. The lowest BCUT2D eigenvalue weighted by Gasteiger charge is -2.21. The van der Waals surface area contributed by atoms with E-state index in [0.29, 0.717) is 23.0 Å². The van der Waals surface area contributed by atoms with E-state index in [2.05, 4.69) is 15.6 Å². The molecule has 3 aromatic rings. The van der Waals surface area contributed by atoms with E-state index in [1.807, 2.05) is 11.6 Å². The normalized spacial score (nSPS) is 11.6. The van der Waals surface area contributed by atoms with Crippen molar-refractivity contribution in [3.63, 3.8) is 0 Å². The molecule has 0 saturated carbocycles. The van der Waals surface area contributed by atoms with Gasteiger partial charge in [-0.3, -0.25) is 0 Å². The Kier molecular flexibility index (Phi) is 5.78. The summed E-state index contributed by atoms with van der Waals surface area (Å²) < 4.78 is 25.6. The van der Waals surface area contributed by atoms with Gasteiger partial charge < -0.3 is 24.7 Å². The van der Waals surface area contributed by atoms with Gasteiger partial charge in [-0.25, -0.2) is 14.2 Å². The summed E-state index contributed by atoms with van der Waals surface area (Å²) in [5.41, 5.74) is 1.21. The highest BCUT2D eigenvalue weighted by atomic mass is 19.1. The van der Waals surface area contributed by atoms with Crippen LogP contribution in [0.2, 0.25) is 0 Å². The Labute approximate surface area is 162 Å². The van der Waals surface area contributed by atoms with Crippen molar-refractivity contribution in [3.8, 4) is 11.5 Å². The molecule has 2 aromatic carbocycles. The highest BCUT2D eigenvalue weighted by molar-refractivity contribution is 5.89. The summed E-state index contributed by atoms with van der Waals surface area (Å²) in [6, 6.07) is 9.86. The fraction of sp³-hybridized carbons (Fsp3) is 0.200. The van der Waals surface area contributed by atoms with Crippen LogP contribution in [0.5, 0.6) is 11.5 Å². The lowest BCUT2D eigenvalue weighted by molar-refractivity contribution is 0.249. The molecule has 0 aliphatic heterocycles. The third-order valence-electron chi connectivity index (χ3n) is 4.20. The number of aryl methyl sites for hydroxylation is 1. The average molecular weight is 384 g/mol. The molecule has 28 heavy (non-hydrogen) atoms. The number of hydrogen-bond donors (Lipinski definition) is 2. The molecule has 0 aliphatic rings. The maximum Gasteiger partial charge on any atom is 0.320 e. The number of carbonyl (C=O) groups is 1. The number of aromatic nitrogens is 2. The molecular weight excluding hydrogens is 363 g/mol. The summed E-state index contributed by atoms with van der Waals surface area (Å²) in [4.78, 5) is 16.9. The minimum absolute atomic E-state index is 0.375. The number of amides is 2. The smallest absolute Gasteiger partial charge is 0.320 e. The Morgan fingerprint density at radius 3 is 2.29 bits per heavy atom. The number of nitrogens with zero attached hydrogens (tertiary/aromatic N) is 2. The number of halogens is 1. The van der Waals surface area contributed by atoms with E-state index in [4.69, 9.17) is 9.47 Å². The van der Waals surface area contributed by atoms with Crippen LogP contribution in [0.1, 0.15) is 17.4 Å². The highest BCUT2D eigenvalue weighted by Crippen LogP contribution is 2.29. The molecule has 146 valence electrons. The van der Waals surface area contributed by atoms with Gasteiger partial charge >= 0.3 is 6.03 Å². The van der Waals surface area contributed by atoms with Crippen LogP contribution < -0.4 is 20.1 Å². The SMILES string of the molecule is COc1cc(OC)cc([C@@H](NC(=O)Nc2ccc(F)cc2)c2nccn2C)c1. The van der Waals surface area contributed by atoms with Crippen molar-refractivity contribution < 1.29 is 18.7 Å². The molecule has 1 atom stereocenters. The molecule has 2 amide bonds. The van der Waals surface area contributed by atoms with Crippen LogP contribution in [0.25, 0.3) is 0 Å². The van der Waals surface area contributed by atoms with Gasteiger partial charge in [0.2, 0.25) is 0 Å². The Balaban J connectivity index is 1.91. The van der Waals surface area contributed by atoms with E-state index in [0.717, 1.165) is 5.56 Å². The summed E-state index contributed by atoms with van der Waals surface area (Å²) in [6.07, 6.45) is 3.44. The number of benzene rings is 2. The van der Waals surface area contributed by atoms with E-state index in [-0.39, 0.29) is 5.82 Å². The van der Waals surface area contributed by atoms with Gasteiger partial charge in [0.05, 0.1) is 14.2 Å². The molecule has 0 radical (unpaired) electrons. The second-order valence-corrected chi connectivity index (χ2v) is 6.08. The van der Waals surface area contributed by atoms with Crippen molar-refractivity contribution in [2.24, 2.45) is 7.05 Å². The van der Waals surface area contributed by atoms with Crippen LogP contribution in [-0.4, -0.2) is 29.8 Å². The number of imidazole rings is 1. The van der Waals surface area contributed by atoms with E-state index in [1.165, 1.54) is 24.3 Å². The topological polar surface area (TPSA) is 77.4 Å². The lowest BCUT2D eigenvalue weighted by atomic mass is 10.1. The first-order valence-electron chi connectivity index (χ1n) is 8.53. The van der Waals surface area contributed by atoms with Gasteiger partial charge in [0.15, 0.2) is 0 Å². The lowest BCUT2D eigenvalue weighted by Crippen LogP contribution is -2.34. The van der Waals surface area contributed by atoms with Crippen molar-refractivity contribution in [3.05, 3.63) is 72.1 Å². The van der Waals surface area contributed by atoms with Crippen LogP contribution in [0.3, 0.4) is 0 Å². The second kappa shape index (κ2) is 8.43. The number of rotatable bonds is 6. The first-order valence-corrected chi connectivity index (χ1v) is 8.53. The molecule has 3 rings (SSSR count).